The summed E-state index contributed by atoms with van der Waals surface area (Å²) in [5.74, 6) is 1.09. The van der Waals surface area contributed by atoms with Crippen LogP contribution in [-0.4, -0.2) is 18.1 Å². The van der Waals surface area contributed by atoms with E-state index in [-0.39, 0.29) is 0 Å². The number of pyridine rings is 1. The molecule has 1 aromatic heterocycles. The van der Waals surface area contributed by atoms with Gasteiger partial charge in [-0.1, -0.05) is 23.7 Å². The van der Waals surface area contributed by atoms with Crippen LogP contribution in [0.5, 0.6) is 0 Å². The van der Waals surface area contributed by atoms with Crippen molar-refractivity contribution in [1.29, 1.82) is 0 Å². The molecule has 2 heterocycles. The smallest absolute Gasteiger partial charge is 0.0513 e. The quantitative estimate of drug-likeness (QED) is 0.846. The van der Waals surface area contributed by atoms with Gasteiger partial charge in [-0.25, -0.2) is 0 Å². The van der Waals surface area contributed by atoms with Gasteiger partial charge in [-0.2, -0.15) is 0 Å². The Labute approximate surface area is 143 Å². The molecule has 1 fully saturated rings. The van der Waals surface area contributed by atoms with Crippen LogP contribution in [0.2, 0.25) is 5.02 Å². The first-order chi connectivity index (χ1) is 11.2. The van der Waals surface area contributed by atoms with Crippen LogP contribution in [0.3, 0.4) is 0 Å². The van der Waals surface area contributed by atoms with E-state index in [1.807, 2.05) is 12.3 Å². The molecule has 1 aliphatic carbocycles. The predicted octanol–water partition coefficient (Wildman–Crippen LogP) is 4.27. The summed E-state index contributed by atoms with van der Waals surface area (Å²) in [4.78, 5) is 4.90. The summed E-state index contributed by atoms with van der Waals surface area (Å²) in [7, 11) is 0. The zero-order valence-corrected chi connectivity index (χ0v) is 14.4. The molecule has 2 aromatic rings. The fourth-order valence-corrected chi connectivity index (χ4v) is 4.48. The summed E-state index contributed by atoms with van der Waals surface area (Å²) >= 11 is 6.27. The Morgan fingerprint density at radius 1 is 1.09 bits per heavy atom. The summed E-state index contributed by atoms with van der Waals surface area (Å²) in [6.07, 6.45) is 6.62. The fourth-order valence-electron chi connectivity index (χ4n) is 4.29. The Bertz CT molecular complexity index is 666. The largest absolute Gasteiger partial charge is 0.317 e. The number of halogens is 1. The minimum Gasteiger partial charge on any atom is -0.317 e. The van der Waals surface area contributed by atoms with Gasteiger partial charge in [0.15, 0.2) is 0 Å². The molecule has 0 spiro atoms. The lowest BCUT2D eigenvalue weighted by Crippen LogP contribution is -2.32. The average Bonchev–Trinajstić information content (AvgIpc) is 2.72. The summed E-state index contributed by atoms with van der Waals surface area (Å²) in [5.41, 5.74) is 6.87. The fraction of sp³-hybridized carbons (Fsp3) is 0.450. The first-order valence-electron chi connectivity index (χ1n) is 8.67. The lowest BCUT2D eigenvalue weighted by Gasteiger charge is -2.32. The van der Waals surface area contributed by atoms with Crippen LogP contribution in [0.4, 0.5) is 0 Å². The minimum absolute atomic E-state index is 0.419. The molecule has 23 heavy (non-hydrogen) atoms. The minimum atomic E-state index is 0.419. The van der Waals surface area contributed by atoms with Crippen molar-refractivity contribution in [2.45, 2.75) is 38.5 Å². The van der Waals surface area contributed by atoms with Gasteiger partial charge in [0.05, 0.1) is 5.69 Å². The number of aryl methyl sites for hydroxylation is 3. The number of nitrogens with zero attached hydrogens (tertiary/aromatic N) is 1. The third-order valence-electron chi connectivity index (χ3n) is 5.39. The average molecular weight is 327 g/mol. The molecule has 1 saturated heterocycles. The molecule has 3 heteroatoms. The van der Waals surface area contributed by atoms with Gasteiger partial charge in [-0.3, -0.25) is 4.98 Å². The molecule has 1 aromatic carbocycles. The molecule has 0 bridgehead atoms. The molecule has 1 unspecified atom stereocenters. The highest BCUT2D eigenvalue weighted by atomic mass is 35.5. The second kappa shape index (κ2) is 6.26. The van der Waals surface area contributed by atoms with E-state index >= 15 is 0 Å². The van der Waals surface area contributed by atoms with Crippen molar-refractivity contribution in [3.8, 4) is 0 Å². The highest BCUT2D eigenvalue weighted by Crippen LogP contribution is 2.42. The number of aromatic nitrogens is 1. The number of nitrogens with one attached hydrogen (secondary N) is 1. The molecular weight excluding hydrogens is 304 g/mol. The molecule has 0 amide bonds. The summed E-state index contributed by atoms with van der Waals surface area (Å²) < 4.78 is 0. The van der Waals surface area contributed by atoms with E-state index < -0.39 is 0 Å². The van der Waals surface area contributed by atoms with Gasteiger partial charge >= 0.3 is 0 Å². The molecular formula is C20H23ClN2. The number of fused-ring (bicyclic) bond motifs is 2. The van der Waals surface area contributed by atoms with Crippen molar-refractivity contribution >= 4 is 11.6 Å². The van der Waals surface area contributed by atoms with Crippen molar-refractivity contribution in [3.05, 3.63) is 63.4 Å². The van der Waals surface area contributed by atoms with Crippen molar-refractivity contribution in [1.82, 2.24) is 10.3 Å². The Kier molecular flexibility index (Phi) is 4.13. The Balaban J connectivity index is 1.86. The zero-order valence-electron chi connectivity index (χ0n) is 13.6. The Morgan fingerprint density at radius 3 is 2.70 bits per heavy atom. The van der Waals surface area contributed by atoms with E-state index in [1.165, 1.54) is 40.8 Å². The zero-order chi connectivity index (χ0) is 15.8. The van der Waals surface area contributed by atoms with Crippen LogP contribution in [-0.2, 0) is 12.8 Å². The van der Waals surface area contributed by atoms with Crippen LogP contribution in [0.15, 0.2) is 30.5 Å². The normalized spacial score (nSPS) is 21.4. The van der Waals surface area contributed by atoms with Gasteiger partial charge in [0.1, 0.15) is 0 Å². The van der Waals surface area contributed by atoms with Crippen LogP contribution in [0, 0.1) is 12.8 Å². The molecule has 1 atom stereocenters. The first kappa shape index (κ1) is 15.2. The topological polar surface area (TPSA) is 24.9 Å². The van der Waals surface area contributed by atoms with E-state index in [2.05, 4.69) is 30.4 Å². The first-order valence-corrected chi connectivity index (χ1v) is 9.04. The molecule has 2 nitrogen and oxygen atoms in total. The van der Waals surface area contributed by atoms with E-state index in [0.717, 1.165) is 31.0 Å². The van der Waals surface area contributed by atoms with Crippen LogP contribution in [0.25, 0.3) is 0 Å². The van der Waals surface area contributed by atoms with Gasteiger partial charge in [0.2, 0.25) is 0 Å². The maximum atomic E-state index is 6.27. The number of hydrogen-bond acceptors (Lipinski definition) is 2. The number of piperidine rings is 1. The summed E-state index contributed by atoms with van der Waals surface area (Å²) in [6, 6.07) is 8.81. The highest BCUT2D eigenvalue weighted by molar-refractivity contribution is 6.30. The molecule has 4 rings (SSSR count). The maximum absolute atomic E-state index is 6.27. The Morgan fingerprint density at radius 2 is 1.87 bits per heavy atom. The van der Waals surface area contributed by atoms with Gasteiger partial charge in [-0.15, -0.1) is 0 Å². The molecule has 120 valence electrons. The van der Waals surface area contributed by atoms with Gasteiger partial charge in [0.25, 0.3) is 0 Å². The van der Waals surface area contributed by atoms with Crippen molar-refractivity contribution in [2.24, 2.45) is 5.92 Å². The number of benzene rings is 1. The molecule has 1 aliphatic heterocycles. The molecule has 0 radical (unpaired) electrons. The van der Waals surface area contributed by atoms with Gasteiger partial charge in [-0.05, 0) is 86.0 Å². The third-order valence-corrected chi connectivity index (χ3v) is 5.63. The third kappa shape index (κ3) is 2.90. The SMILES string of the molecule is Cc1cnc2c(c1)CCc1cc(Cl)ccc1C2C1CCNCC1. The van der Waals surface area contributed by atoms with E-state index in [0.29, 0.717) is 11.8 Å². The van der Waals surface area contributed by atoms with Crippen LogP contribution >= 0.6 is 11.6 Å². The predicted molar refractivity (Wildman–Crippen MR) is 95.3 cm³/mol. The van der Waals surface area contributed by atoms with Crippen molar-refractivity contribution < 1.29 is 0 Å². The van der Waals surface area contributed by atoms with Crippen molar-refractivity contribution in [3.63, 3.8) is 0 Å². The second-order valence-electron chi connectivity index (χ2n) is 6.97. The lowest BCUT2D eigenvalue weighted by atomic mass is 9.77. The van der Waals surface area contributed by atoms with E-state index in [1.54, 1.807) is 0 Å². The molecule has 1 N–H and O–H groups in total. The lowest BCUT2D eigenvalue weighted by molar-refractivity contribution is 0.338. The van der Waals surface area contributed by atoms with Gasteiger partial charge in [0, 0.05) is 17.1 Å². The maximum Gasteiger partial charge on any atom is 0.0513 e. The number of rotatable bonds is 1. The van der Waals surface area contributed by atoms with Crippen LogP contribution in [0.1, 0.15) is 46.7 Å². The molecule has 0 saturated carbocycles. The van der Waals surface area contributed by atoms with Crippen LogP contribution < -0.4 is 5.32 Å². The monoisotopic (exact) mass is 326 g/mol. The van der Waals surface area contributed by atoms with Crippen molar-refractivity contribution in [2.75, 3.05) is 13.1 Å². The Hall–Kier alpha value is -1.38. The van der Waals surface area contributed by atoms with E-state index in [4.69, 9.17) is 16.6 Å². The standard InChI is InChI=1S/C20H23ClN2/c1-13-10-16-3-2-15-11-17(21)4-5-18(15)19(20(16)23-12-13)14-6-8-22-9-7-14/h4-5,10-12,14,19,22H,2-3,6-9H2,1H3. The second-order valence-corrected chi connectivity index (χ2v) is 7.40. The summed E-state index contributed by atoms with van der Waals surface area (Å²) in [5, 5.41) is 4.34. The van der Waals surface area contributed by atoms with Gasteiger partial charge < -0.3 is 5.32 Å². The molecule has 2 aliphatic rings. The highest BCUT2D eigenvalue weighted by Gasteiger charge is 2.32. The van der Waals surface area contributed by atoms with E-state index in [9.17, 15) is 0 Å². The number of hydrogen-bond donors (Lipinski definition) is 1. The summed E-state index contributed by atoms with van der Waals surface area (Å²) in [6.45, 7) is 4.37.